The summed E-state index contributed by atoms with van der Waals surface area (Å²) >= 11 is 0. The van der Waals surface area contributed by atoms with Crippen molar-refractivity contribution in [2.75, 3.05) is 28.9 Å². The van der Waals surface area contributed by atoms with Gasteiger partial charge in [-0.2, -0.15) is 0 Å². The van der Waals surface area contributed by atoms with E-state index in [1.54, 1.807) is 18.5 Å². The second-order valence-corrected chi connectivity index (χ2v) is 11.8. The summed E-state index contributed by atoms with van der Waals surface area (Å²) in [7, 11) is -3.45. The molecule has 0 radical (unpaired) electrons. The SMILES string of the molecule is CCCS(=O)(=O)Nc1cccc2c(Oc3ncc(C)cc3-c3ccnc(NC4CCCNC4)n3)c(C)ccc12. The maximum Gasteiger partial charge on any atom is 0.232 e. The lowest BCUT2D eigenvalue weighted by Crippen LogP contribution is -2.38. The molecule has 1 atom stereocenters. The van der Waals surface area contributed by atoms with E-state index in [1.165, 1.54) is 0 Å². The fourth-order valence-electron chi connectivity index (χ4n) is 4.80. The second-order valence-electron chi connectivity index (χ2n) is 9.95. The molecule has 5 rings (SSSR count). The van der Waals surface area contributed by atoms with Crippen LogP contribution in [0.1, 0.15) is 37.3 Å². The molecule has 4 aromatic rings. The summed E-state index contributed by atoms with van der Waals surface area (Å²) in [5, 5.41) is 8.38. The fraction of sp³-hybridized carbons (Fsp3) is 0.345. The van der Waals surface area contributed by atoms with Crippen molar-refractivity contribution < 1.29 is 13.2 Å². The van der Waals surface area contributed by atoms with E-state index in [-0.39, 0.29) is 11.8 Å². The molecule has 0 spiro atoms. The van der Waals surface area contributed by atoms with Crippen LogP contribution in [0.3, 0.4) is 0 Å². The quantitative estimate of drug-likeness (QED) is 0.255. The Morgan fingerprint density at radius 3 is 2.77 bits per heavy atom. The predicted octanol–water partition coefficient (Wildman–Crippen LogP) is 5.42. The number of rotatable bonds is 9. The standard InChI is InChI=1S/C29H34N6O3S/c1-4-15-39(36,37)35-26-9-5-8-23-22(26)11-10-20(3)27(23)38-28-24(16-19(2)17-32-28)25-12-14-31-29(34-25)33-21-7-6-13-30-18-21/h5,8-12,14,16-17,21,30,35H,4,6-7,13,15,18H2,1-3H3,(H,31,33,34). The van der Waals surface area contributed by atoms with Gasteiger partial charge in [-0.1, -0.05) is 31.2 Å². The molecule has 0 saturated carbocycles. The van der Waals surface area contributed by atoms with Crippen LogP contribution in [0.2, 0.25) is 0 Å². The lowest BCUT2D eigenvalue weighted by atomic mass is 10.0. The van der Waals surface area contributed by atoms with Crippen molar-refractivity contribution in [1.29, 1.82) is 0 Å². The van der Waals surface area contributed by atoms with Crippen LogP contribution in [0.5, 0.6) is 11.6 Å². The molecule has 0 bridgehead atoms. The van der Waals surface area contributed by atoms with Crippen LogP contribution in [0, 0.1) is 13.8 Å². The highest BCUT2D eigenvalue weighted by molar-refractivity contribution is 7.92. The number of pyridine rings is 1. The van der Waals surface area contributed by atoms with Crippen molar-refractivity contribution in [3.8, 4) is 22.9 Å². The number of ether oxygens (including phenoxy) is 1. The summed E-state index contributed by atoms with van der Waals surface area (Å²) < 4.78 is 34.2. The number of anilines is 2. The molecular formula is C29H34N6O3S. The first-order valence-electron chi connectivity index (χ1n) is 13.3. The molecule has 3 N–H and O–H groups in total. The summed E-state index contributed by atoms with van der Waals surface area (Å²) in [6, 6.07) is 13.5. The molecule has 1 saturated heterocycles. The van der Waals surface area contributed by atoms with Gasteiger partial charge in [0.25, 0.3) is 0 Å². The van der Waals surface area contributed by atoms with Crippen LogP contribution in [-0.4, -0.2) is 48.3 Å². The minimum Gasteiger partial charge on any atom is -0.437 e. The maximum absolute atomic E-state index is 12.5. The number of aromatic nitrogens is 3. The Hall–Kier alpha value is -3.76. The molecule has 3 heterocycles. The summed E-state index contributed by atoms with van der Waals surface area (Å²) in [5.74, 6) is 1.65. The Labute approximate surface area is 229 Å². The Kier molecular flexibility index (Phi) is 7.94. The van der Waals surface area contributed by atoms with Gasteiger partial charge in [-0.15, -0.1) is 0 Å². The van der Waals surface area contributed by atoms with Crippen molar-refractivity contribution in [1.82, 2.24) is 20.3 Å². The van der Waals surface area contributed by atoms with Gasteiger partial charge in [-0.05, 0) is 69.0 Å². The zero-order valence-corrected chi connectivity index (χ0v) is 23.3. The average Bonchev–Trinajstić information content (AvgIpc) is 2.91. The molecule has 1 aliphatic rings. The highest BCUT2D eigenvalue weighted by Gasteiger charge is 2.19. The molecule has 1 aliphatic heterocycles. The lowest BCUT2D eigenvalue weighted by molar-refractivity contribution is 0.466. The maximum atomic E-state index is 12.5. The number of hydrogen-bond donors (Lipinski definition) is 3. The number of nitrogens with one attached hydrogen (secondary N) is 3. The molecule has 0 aliphatic carbocycles. The second kappa shape index (κ2) is 11.5. The van der Waals surface area contributed by atoms with E-state index in [9.17, 15) is 8.42 Å². The smallest absolute Gasteiger partial charge is 0.232 e. The monoisotopic (exact) mass is 546 g/mol. The van der Waals surface area contributed by atoms with Crippen molar-refractivity contribution in [2.24, 2.45) is 0 Å². The molecule has 10 heteroatoms. The summed E-state index contributed by atoms with van der Waals surface area (Å²) in [4.78, 5) is 13.9. The molecule has 0 amide bonds. The number of benzene rings is 2. The lowest BCUT2D eigenvalue weighted by Gasteiger charge is -2.23. The number of piperidine rings is 1. The Bertz CT molecular complexity index is 1590. The van der Waals surface area contributed by atoms with E-state index >= 15 is 0 Å². The van der Waals surface area contributed by atoms with Crippen LogP contribution >= 0.6 is 0 Å². The first-order chi connectivity index (χ1) is 18.8. The van der Waals surface area contributed by atoms with E-state index in [0.29, 0.717) is 35.4 Å². The van der Waals surface area contributed by atoms with E-state index in [4.69, 9.17) is 9.72 Å². The number of fused-ring (bicyclic) bond motifs is 1. The predicted molar refractivity (Wildman–Crippen MR) is 156 cm³/mol. The number of hydrogen-bond acceptors (Lipinski definition) is 8. The van der Waals surface area contributed by atoms with Crippen molar-refractivity contribution in [3.63, 3.8) is 0 Å². The first kappa shape index (κ1) is 26.8. The number of aryl methyl sites for hydroxylation is 2. The first-order valence-corrected chi connectivity index (χ1v) is 15.0. The van der Waals surface area contributed by atoms with E-state index in [2.05, 4.69) is 25.3 Å². The highest BCUT2D eigenvalue weighted by atomic mass is 32.2. The van der Waals surface area contributed by atoms with Crippen LogP contribution in [0.15, 0.2) is 54.9 Å². The van der Waals surface area contributed by atoms with Gasteiger partial charge in [0.1, 0.15) is 5.75 Å². The molecule has 9 nitrogen and oxygen atoms in total. The van der Waals surface area contributed by atoms with Gasteiger partial charge in [-0.3, -0.25) is 4.72 Å². The van der Waals surface area contributed by atoms with Gasteiger partial charge in [-0.25, -0.2) is 23.4 Å². The van der Waals surface area contributed by atoms with Crippen molar-refractivity contribution in [2.45, 2.75) is 46.1 Å². The number of nitrogens with zero attached hydrogens (tertiary/aromatic N) is 3. The zero-order valence-electron chi connectivity index (χ0n) is 22.5. The van der Waals surface area contributed by atoms with Gasteiger partial charge < -0.3 is 15.4 Å². The van der Waals surface area contributed by atoms with E-state index < -0.39 is 10.0 Å². The minimum absolute atomic E-state index is 0.0578. The Morgan fingerprint density at radius 2 is 1.97 bits per heavy atom. The summed E-state index contributed by atoms with van der Waals surface area (Å²) in [5.41, 5.74) is 3.85. The van der Waals surface area contributed by atoms with Gasteiger partial charge >= 0.3 is 0 Å². The van der Waals surface area contributed by atoms with Gasteiger partial charge in [0.2, 0.25) is 21.9 Å². The highest BCUT2D eigenvalue weighted by Crippen LogP contribution is 2.39. The Morgan fingerprint density at radius 1 is 1.10 bits per heavy atom. The molecule has 2 aromatic carbocycles. The molecule has 1 unspecified atom stereocenters. The third-order valence-corrected chi connectivity index (χ3v) is 8.17. The zero-order chi connectivity index (χ0) is 27.4. The molecule has 39 heavy (non-hydrogen) atoms. The number of sulfonamides is 1. The van der Waals surface area contributed by atoms with Crippen molar-refractivity contribution >= 4 is 32.4 Å². The van der Waals surface area contributed by atoms with Gasteiger partial charge in [0.05, 0.1) is 22.7 Å². The van der Waals surface area contributed by atoms with Crippen LogP contribution < -0.4 is 20.1 Å². The van der Waals surface area contributed by atoms with Crippen LogP contribution in [0.4, 0.5) is 11.6 Å². The van der Waals surface area contributed by atoms with E-state index in [0.717, 1.165) is 53.4 Å². The van der Waals surface area contributed by atoms with Crippen LogP contribution in [-0.2, 0) is 10.0 Å². The Balaban J connectivity index is 1.51. The fourth-order valence-corrected chi connectivity index (χ4v) is 5.96. The van der Waals surface area contributed by atoms with E-state index in [1.807, 2.05) is 57.2 Å². The normalized spacial score (nSPS) is 15.7. The molecular weight excluding hydrogens is 512 g/mol. The summed E-state index contributed by atoms with van der Waals surface area (Å²) in [6.45, 7) is 7.70. The average molecular weight is 547 g/mol. The topological polar surface area (TPSA) is 118 Å². The minimum atomic E-state index is -3.45. The third kappa shape index (κ3) is 6.29. The molecule has 2 aromatic heterocycles. The largest absolute Gasteiger partial charge is 0.437 e. The molecule has 204 valence electrons. The van der Waals surface area contributed by atoms with Crippen molar-refractivity contribution in [3.05, 3.63) is 66.0 Å². The van der Waals surface area contributed by atoms with Crippen LogP contribution in [0.25, 0.3) is 22.0 Å². The summed E-state index contributed by atoms with van der Waals surface area (Å²) in [6.07, 6.45) is 6.22. The molecule has 1 fully saturated rings. The van der Waals surface area contributed by atoms with Gasteiger partial charge in [0, 0.05) is 35.8 Å². The van der Waals surface area contributed by atoms with Gasteiger partial charge in [0.15, 0.2) is 0 Å². The third-order valence-electron chi connectivity index (χ3n) is 6.70.